The summed E-state index contributed by atoms with van der Waals surface area (Å²) in [6.45, 7) is 5.11. The van der Waals surface area contributed by atoms with Crippen molar-refractivity contribution in [1.82, 2.24) is 10.2 Å². The van der Waals surface area contributed by atoms with Crippen LogP contribution in [0.3, 0.4) is 0 Å². The van der Waals surface area contributed by atoms with Gasteiger partial charge >= 0.3 is 0 Å². The highest BCUT2D eigenvalue weighted by molar-refractivity contribution is 5.97. The predicted octanol–water partition coefficient (Wildman–Crippen LogP) is 2.90. The van der Waals surface area contributed by atoms with Gasteiger partial charge in [-0.05, 0) is 41.8 Å². The van der Waals surface area contributed by atoms with Crippen LogP contribution in [0, 0.1) is 5.82 Å². The molecule has 0 radical (unpaired) electrons. The number of phenolic OH excluding ortho intramolecular Hbond substituents is 1. The smallest absolute Gasteiger partial charge is 0.255 e. The van der Waals surface area contributed by atoms with Gasteiger partial charge in [-0.1, -0.05) is 25.1 Å². The molecule has 1 amide bonds. The first kappa shape index (κ1) is 19.3. The number of halogens is 1. The Bertz CT molecular complexity index is 773. The molecule has 1 saturated heterocycles. The summed E-state index contributed by atoms with van der Waals surface area (Å²) in [5.74, 6) is -0.637. The van der Waals surface area contributed by atoms with Crippen molar-refractivity contribution in [2.45, 2.75) is 19.4 Å². The van der Waals surface area contributed by atoms with E-state index in [1.54, 1.807) is 30.3 Å². The minimum atomic E-state index is -0.317. The summed E-state index contributed by atoms with van der Waals surface area (Å²) in [7, 11) is 0. The fourth-order valence-electron chi connectivity index (χ4n) is 3.30. The molecular weight excluding hydrogens is 347 g/mol. The predicted molar refractivity (Wildman–Crippen MR) is 101 cm³/mol. The molecule has 6 heteroatoms. The summed E-state index contributed by atoms with van der Waals surface area (Å²) in [6, 6.07) is 11.3. The Balaban J connectivity index is 1.76. The highest BCUT2D eigenvalue weighted by Crippen LogP contribution is 2.23. The van der Waals surface area contributed by atoms with Gasteiger partial charge in [0.2, 0.25) is 0 Å². The van der Waals surface area contributed by atoms with E-state index in [1.807, 2.05) is 6.92 Å². The van der Waals surface area contributed by atoms with Gasteiger partial charge in [0.1, 0.15) is 11.6 Å². The Morgan fingerprint density at radius 2 is 1.93 bits per heavy atom. The van der Waals surface area contributed by atoms with Crippen LogP contribution in [0.4, 0.5) is 4.39 Å². The van der Waals surface area contributed by atoms with E-state index in [0.29, 0.717) is 19.8 Å². The highest BCUT2D eigenvalue weighted by Gasteiger charge is 2.24. The lowest BCUT2D eigenvalue weighted by molar-refractivity contribution is 0.0162. The second kappa shape index (κ2) is 8.97. The molecule has 1 fully saturated rings. The van der Waals surface area contributed by atoms with Gasteiger partial charge in [0.25, 0.3) is 5.91 Å². The Morgan fingerprint density at radius 1 is 1.22 bits per heavy atom. The lowest BCUT2D eigenvalue weighted by Crippen LogP contribution is -2.43. The molecule has 0 aliphatic carbocycles. The fraction of sp³-hybridized carbons (Fsp3) is 0.381. The molecule has 0 saturated carbocycles. The maximum Gasteiger partial charge on any atom is 0.255 e. The fourth-order valence-corrected chi connectivity index (χ4v) is 3.30. The topological polar surface area (TPSA) is 61.8 Å². The van der Waals surface area contributed by atoms with Gasteiger partial charge in [-0.3, -0.25) is 9.69 Å². The number of morpholine rings is 1. The molecule has 1 heterocycles. The van der Waals surface area contributed by atoms with Crippen molar-refractivity contribution in [1.29, 1.82) is 0 Å². The molecule has 1 atom stereocenters. The van der Waals surface area contributed by atoms with E-state index in [2.05, 4.69) is 10.2 Å². The van der Waals surface area contributed by atoms with Crippen molar-refractivity contribution in [2.24, 2.45) is 0 Å². The zero-order chi connectivity index (χ0) is 19.2. The number of phenols is 1. The van der Waals surface area contributed by atoms with Gasteiger partial charge in [-0.25, -0.2) is 4.39 Å². The van der Waals surface area contributed by atoms with Crippen molar-refractivity contribution in [3.8, 4) is 5.75 Å². The van der Waals surface area contributed by atoms with Crippen molar-refractivity contribution in [2.75, 3.05) is 32.8 Å². The average molecular weight is 372 g/mol. The third kappa shape index (κ3) is 4.84. The van der Waals surface area contributed by atoms with Crippen LogP contribution in [-0.4, -0.2) is 48.8 Å². The second-order valence-corrected chi connectivity index (χ2v) is 6.63. The van der Waals surface area contributed by atoms with Crippen LogP contribution in [0.2, 0.25) is 0 Å². The summed E-state index contributed by atoms with van der Waals surface area (Å²) < 4.78 is 18.7. The van der Waals surface area contributed by atoms with E-state index in [1.165, 1.54) is 12.1 Å². The number of rotatable bonds is 6. The van der Waals surface area contributed by atoms with Crippen LogP contribution in [0.1, 0.15) is 34.5 Å². The summed E-state index contributed by atoms with van der Waals surface area (Å²) in [4.78, 5) is 14.9. The minimum Gasteiger partial charge on any atom is -0.507 e. The summed E-state index contributed by atoms with van der Waals surface area (Å²) in [6.07, 6.45) is 0.784. The normalized spacial score (nSPS) is 16.1. The zero-order valence-corrected chi connectivity index (χ0v) is 15.5. The number of hydrogen-bond donors (Lipinski definition) is 2. The van der Waals surface area contributed by atoms with Crippen molar-refractivity contribution < 1.29 is 19.0 Å². The Kier molecular flexibility index (Phi) is 6.42. The molecule has 5 nitrogen and oxygen atoms in total. The summed E-state index contributed by atoms with van der Waals surface area (Å²) in [5, 5.41) is 13.0. The van der Waals surface area contributed by atoms with Crippen LogP contribution in [0.15, 0.2) is 42.5 Å². The number of carbonyl (C=O) groups is 1. The van der Waals surface area contributed by atoms with Crippen LogP contribution < -0.4 is 5.32 Å². The van der Waals surface area contributed by atoms with E-state index in [9.17, 15) is 14.3 Å². The summed E-state index contributed by atoms with van der Waals surface area (Å²) in [5.41, 5.74) is 2.19. The summed E-state index contributed by atoms with van der Waals surface area (Å²) >= 11 is 0. The van der Waals surface area contributed by atoms with E-state index in [4.69, 9.17) is 4.74 Å². The minimum absolute atomic E-state index is 0.0330. The van der Waals surface area contributed by atoms with Gasteiger partial charge in [-0.15, -0.1) is 0 Å². The molecule has 144 valence electrons. The molecule has 2 aromatic carbocycles. The van der Waals surface area contributed by atoms with Gasteiger partial charge in [0, 0.05) is 19.6 Å². The lowest BCUT2D eigenvalue weighted by atomic mass is 10.0. The molecule has 0 spiro atoms. The molecule has 2 N–H and O–H groups in total. The molecule has 0 aromatic heterocycles. The number of aryl methyl sites for hydroxylation is 1. The lowest BCUT2D eigenvalue weighted by Gasteiger charge is -2.35. The van der Waals surface area contributed by atoms with E-state index in [-0.39, 0.29) is 29.1 Å². The Labute approximate surface area is 158 Å². The van der Waals surface area contributed by atoms with Gasteiger partial charge in [-0.2, -0.15) is 0 Å². The first-order valence-electron chi connectivity index (χ1n) is 9.26. The molecule has 0 bridgehead atoms. The number of benzene rings is 2. The maximum atomic E-state index is 13.3. The van der Waals surface area contributed by atoms with Crippen LogP contribution in [0.5, 0.6) is 5.75 Å². The number of nitrogens with zero attached hydrogens (tertiary/aromatic N) is 1. The largest absolute Gasteiger partial charge is 0.507 e. The quantitative estimate of drug-likeness (QED) is 0.819. The first-order valence-corrected chi connectivity index (χ1v) is 9.26. The van der Waals surface area contributed by atoms with Crippen molar-refractivity contribution >= 4 is 5.91 Å². The Hall–Kier alpha value is -2.44. The number of amides is 1. The number of carbonyl (C=O) groups excluding carboxylic acids is 1. The van der Waals surface area contributed by atoms with Crippen molar-refractivity contribution in [3.63, 3.8) is 0 Å². The monoisotopic (exact) mass is 372 g/mol. The zero-order valence-electron chi connectivity index (χ0n) is 15.5. The standard InChI is InChI=1S/C21H25FN2O3/c1-2-15-3-8-20(25)18(13-15)21(26)23-14-19(24-9-11-27-12-10-24)16-4-6-17(22)7-5-16/h3-8,13,19,25H,2,9-12,14H2,1H3,(H,23,26). The molecule has 27 heavy (non-hydrogen) atoms. The molecule has 1 unspecified atom stereocenters. The molecule has 1 aliphatic rings. The number of hydrogen-bond acceptors (Lipinski definition) is 4. The molecule has 3 rings (SSSR count). The third-order valence-electron chi connectivity index (χ3n) is 4.91. The van der Waals surface area contributed by atoms with Gasteiger partial charge in [0.15, 0.2) is 0 Å². The molecular formula is C21H25FN2O3. The maximum absolute atomic E-state index is 13.3. The van der Waals surface area contributed by atoms with Crippen LogP contribution >= 0.6 is 0 Å². The van der Waals surface area contributed by atoms with E-state index < -0.39 is 0 Å². The van der Waals surface area contributed by atoms with Gasteiger partial charge < -0.3 is 15.2 Å². The molecule has 1 aliphatic heterocycles. The van der Waals surface area contributed by atoms with Crippen molar-refractivity contribution in [3.05, 3.63) is 65.0 Å². The van der Waals surface area contributed by atoms with Crippen LogP contribution in [0.25, 0.3) is 0 Å². The SMILES string of the molecule is CCc1ccc(O)c(C(=O)NCC(c2ccc(F)cc2)N2CCOCC2)c1. The van der Waals surface area contributed by atoms with Crippen LogP contribution in [-0.2, 0) is 11.2 Å². The molecule has 2 aromatic rings. The number of ether oxygens (including phenoxy) is 1. The first-order chi connectivity index (χ1) is 13.1. The number of aromatic hydroxyl groups is 1. The van der Waals surface area contributed by atoms with E-state index >= 15 is 0 Å². The third-order valence-corrected chi connectivity index (χ3v) is 4.91. The van der Waals surface area contributed by atoms with Gasteiger partial charge in [0.05, 0.1) is 24.8 Å². The Morgan fingerprint density at radius 3 is 2.59 bits per heavy atom. The number of nitrogens with one attached hydrogen (secondary N) is 1. The van der Waals surface area contributed by atoms with E-state index in [0.717, 1.165) is 30.6 Å². The highest BCUT2D eigenvalue weighted by atomic mass is 19.1. The second-order valence-electron chi connectivity index (χ2n) is 6.63. The average Bonchev–Trinajstić information content (AvgIpc) is 2.70.